The zero-order valence-corrected chi connectivity index (χ0v) is 11.8. The van der Waals surface area contributed by atoms with Crippen LogP contribution in [0.3, 0.4) is 0 Å². The molecule has 100 valence electrons. The first-order chi connectivity index (χ1) is 8.31. The molecule has 0 amide bonds. The molecule has 0 bridgehead atoms. The van der Waals surface area contributed by atoms with E-state index in [4.69, 9.17) is 0 Å². The fourth-order valence-electron chi connectivity index (χ4n) is 3.49. The Morgan fingerprint density at radius 2 is 2.12 bits per heavy atom. The molecule has 2 heterocycles. The fraction of sp³-hybridized carbons (Fsp3) is 1.00. The third-order valence-electron chi connectivity index (χ3n) is 4.73. The van der Waals surface area contributed by atoms with Gasteiger partial charge >= 0.3 is 0 Å². The normalized spacial score (nSPS) is 31.4. The van der Waals surface area contributed by atoms with Crippen LogP contribution in [0.2, 0.25) is 0 Å². The van der Waals surface area contributed by atoms with Crippen molar-refractivity contribution in [3.8, 4) is 0 Å². The lowest BCUT2D eigenvalue weighted by molar-refractivity contribution is 0.231. The Hall–Kier alpha value is -0.0800. The van der Waals surface area contributed by atoms with E-state index in [9.17, 15) is 0 Å². The number of rotatable bonds is 6. The highest BCUT2D eigenvalue weighted by Gasteiger charge is 2.35. The molecule has 17 heavy (non-hydrogen) atoms. The molecule has 2 fully saturated rings. The zero-order chi connectivity index (χ0) is 12.1. The van der Waals surface area contributed by atoms with Crippen LogP contribution in [0, 0.1) is 5.92 Å². The number of piperidine rings is 1. The molecule has 2 saturated heterocycles. The number of hydrogen-bond acceptors (Lipinski definition) is 2. The van der Waals surface area contributed by atoms with Crippen molar-refractivity contribution in [3.05, 3.63) is 0 Å². The molecule has 2 nitrogen and oxygen atoms in total. The van der Waals surface area contributed by atoms with Gasteiger partial charge in [-0.3, -0.25) is 4.90 Å². The van der Waals surface area contributed by atoms with E-state index < -0.39 is 0 Å². The van der Waals surface area contributed by atoms with Crippen LogP contribution in [-0.2, 0) is 0 Å². The van der Waals surface area contributed by atoms with E-state index in [2.05, 4.69) is 24.1 Å². The minimum Gasteiger partial charge on any atom is -0.312 e. The van der Waals surface area contributed by atoms with Crippen LogP contribution in [0.15, 0.2) is 0 Å². The summed E-state index contributed by atoms with van der Waals surface area (Å²) >= 11 is 0. The first kappa shape index (κ1) is 13.4. The van der Waals surface area contributed by atoms with Gasteiger partial charge in [0.25, 0.3) is 0 Å². The first-order valence-electron chi connectivity index (χ1n) is 7.78. The second kappa shape index (κ2) is 6.75. The van der Waals surface area contributed by atoms with Crippen molar-refractivity contribution in [1.29, 1.82) is 0 Å². The van der Waals surface area contributed by atoms with Crippen LogP contribution >= 0.6 is 0 Å². The topological polar surface area (TPSA) is 15.3 Å². The molecule has 2 aliphatic heterocycles. The smallest absolute Gasteiger partial charge is 0.0235 e. The number of nitrogens with zero attached hydrogens (tertiary/aromatic N) is 1. The van der Waals surface area contributed by atoms with E-state index in [-0.39, 0.29) is 0 Å². The third-order valence-corrected chi connectivity index (χ3v) is 4.73. The van der Waals surface area contributed by atoms with Gasteiger partial charge in [0.1, 0.15) is 0 Å². The Labute approximate surface area is 107 Å². The van der Waals surface area contributed by atoms with Crippen LogP contribution in [0.5, 0.6) is 0 Å². The second-order valence-electron chi connectivity index (χ2n) is 6.12. The minimum absolute atomic E-state index is 0.805. The molecule has 2 rings (SSSR count). The van der Waals surface area contributed by atoms with Crippen LogP contribution in [0.4, 0.5) is 0 Å². The molecule has 0 radical (unpaired) electrons. The van der Waals surface area contributed by atoms with Gasteiger partial charge in [-0.05, 0) is 38.6 Å². The van der Waals surface area contributed by atoms with Crippen molar-refractivity contribution in [1.82, 2.24) is 10.2 Å². The molecule has 0 aliphatic carbocycles. The average Bonchev–Trinajstić information content (AvgIpc) is 2.78. The van der Waals surface area contributed by atoms with Gasteiger partial charge in [0, 0.05) is 25.2 Å². The van der Waals surface area contributed by atoms with Gasteiger partial charge < -0.3 is 5.32 Å². The van der Waals surface area contributed by atoms with Gasteiger partial charge in [-0.25, -0.2) is 0 Å². The predicted octanol–water partition coefficient (Wildman–Crippen LogP) is 3.03. The highest BCUT2D eigenvalue weighted by Crippen LogP contribution is 2.27. The third kappa shape index (κ3) is 3.69. The molecular formula is C15H30N2. The lowest BCUT2D eigenvalue weighted by atomic mass is 9.94. The lowest BCUT2D eigenvalue weighted by Gasteiger charge is -2.25. The molecule has 0 aromatic rings. The average molecular weight is 238 g/mol. The monoisotopic (exact) mass is 238 g/mol. The molecule has 3 atom stereocenters. The first-order valence-corrected chi connectivity index (χ1v) is 7.78. The molecule has 2 aliphatic rings. The molecule has 1 N–H and O–H groups in total. The highest BCUT2D eigenvalue weighted by atomic mass is 15.2. The summed E-state index contributed by atoms with van der Waals surface area (Å²) in [7, 11) is 0. The summed E-state index contributed by atoms with van der Waals surface area (Å²) in [4.78, 5) is 2.74. The van der Waals surface area contributed by atoms with Gasteiger partial charge in [0.2, 0.25) is 0 Å². The number of nitrogens with one attached hydrogen (secondary N) is 1. The molecular weight excluding hydrogens is 208 g/mol. The van der Waals surface area contributed by atoms with Crippen LogP contribution < -0.4 is 5.32 Å². The van der Waals surface area contributed by atoms with Crippen molar-refractivity contribution in [2.45, 2.75) is 70.9 Å². The zero-order valence-electron chi connectivity index (χ0n) is 11.8. The second-order valence-corrected chi connectivity index (χ2v) is 6.12. The summed E-state index contributed by atoms with van der Waals surface area (Å²) in [6.45, 7) is 8.63. The van der Waals surface area contributed by atoms with E-state index in [0.717, 1.165) is 18.0 Å². The number of unbranched alkanes of at least 4 members (excludes halogenated alkanes) is 3. The molecule has 2 heteroatoms. The van der Waals surface area contributed by atoms with E-state index >= 15 is 0 Å². The van der Waals surface area contributed by atoms with Crippen LogP contribution in [-0.4, -0.2) is 36.6 Å². The highest BCUT2D eigenvalue weighted by molar-refractivity contribution is 4.93. The largest absolute Gasteiger partial charge is 0.312 e. The fourth-order valence-corrected chi connectivity index (χ4v) is 3.49. The lowest BCUT2D eigenvalue weighted by Crippen LogP contribution is -2.41. The summed E-state index contributed by atoms with van der Waals surface area (Å²) < 4.78 is 0. The van der Waals surface area contributed by atoms with Crippen LogP contribution in [0.25, 0.3) is 0 Å². The van der Waals surface area contributed by atoms with E-state index in [1.807, 2.05) is 0 Å². The van der Waals surface area contributed by atoms with Gasteiger partial charge in [-0.15, -0.1) is 0 Å². The quantitative estimate of drug-likeness (QED) is 0.716. The van der Waals surface area contributed by atoms with Crippen molar-refractivity contribution in [2.24, 2.45) is 5.92 Å². The van der Waals surface area contributed by atoms with Crippen molar-refractivity contribution in [3.63, 3.8) is 0 Å². The molecule has 0 aromatic carbocycles. The summed E-state index contributed by atoms with van der Waals surface area (Å²) in [5.41, 5.74) is 0. The summed E-state index contributed by atoms with van der Waals surface area (Å²) in [6.07, 6.45) is 9.87. The van der Waals surface area contributed by atoms with Crippen LogP contribution in [0.1, 0.15) is 58.8 Å². The van der Waals surface area contributed by atoms with Crippen molar-refractivity contribution >= 4 is 0 Å². The summed E-state index contributed by atoms with van der Waals surface area (Å²) in [6, 6.07) is 1.61. The van der Waals surface area contributed by atoms with E-state index in [1.54, 1.807) is 0 Å². The standard InChI is InChI=1S/C15H30N2/c1-3-4-5-6-8-13(2)17-11-14-9-7-10-16-15(14)12-17/h13-16H,3-12H2,1-2H3. The van der Waals surface area contributed by atoms with Crippen molar-refractivity contribution in [2.75, 3.05) is 19.6 Å². The molecule has 0 aromatic heterocycles. The van der Waals surface area contributed by atoms with Gasteiger partial charge in [-0.1, -0.05) is 32.6 Å². The molecule has 3 unspecified atom stereocenters. The Bertz CT molecular complexity index is 203. The number of fused-ring (bicyclic) bond motifs is 1. The van der Waals surface area contributed by atoms with Gasteiger partial charge in [0.05, 0.1) is 0 Å². The maximum atomic E-state index is 3.70. The Kier molecular flexibility index (Phi) is 5.30. The van der Waals surface area contributed by atoms with E-state index in [1.165, 1.54) is 64.6 Å². The Morgan fingerprint density at radius 1 is 1.24 bits per heavy atom. The van der Waals surface area contributed by atoms with Crippen molar-refractivity contribution < 1.29 is 0 Å². The molecule has 0 saturated carbocycles. The summed E-state index contributed by atoms with van der Waals surface area (Å²) in [5.74, 6) is 0.946. The SMILES string of the molecule is CCCCCCC(C)N1CC2CCCNC2C1. The Morgan fingerprint density at radius 3 is 2.88 bits per heavy atom. The number of hydrogen-bond donors (Lipinski definition) is 1. The Balaban J connectivity index is 1.68. The maximum Gasteiger partial charge on any atom is 0.0235 e. The van der Waals surface area contributed by atoms with Gasteiger partial charge in [-0.2, -0.15) is 0 Å². The minimum atomic E-state index is 0.805. The summed E-state index contributed by atoms with van der Waals surface area (Å²) in [5, 5.41) is 3.70. The van der Waals surface area contributed by atoms with E-state index in [0.29, 0.717) is 0 Å². The number of likely N-dealkylation sites (tertiary alicyclic amines) is 1. The van der Waals surface area contributed by atoms with Gasteiger partial charge in [0.15, 0.2) is 0 Å². The maximum absolute atomic E-state index is 3.70. The molecule has 0 spiro atoms. The predicted molar refractivity (Wildman–Crippen MR) is 74.3 cm³/mol.